The van der Waals surface area contributed by atoms with Crippen LogP contribution in [0.25, 0.3) is 0 Å². The Morgan fingerprint density at radius 1 is 1.20 bits per heavy atom. The van der Waals surface area contributed by atoms with Crippen molar-refractivity contribution in [1.29, 1.82) is 0 Å². The van der Waals surface area contributed by atoms with E-state index in [4.69, 9.17) is 13.9 Å². The molecule has 0 bridgehead atoms. The number of benzene rings is 1. The molecule has 1 amide bonds. The number of furan rings is 1. The third-order valence-corrected chi connectivity index (χ3v) is 3.12. The van der Waals surface area contributed by atoms with Gasteiger partial charge < -0.3 is 19.2 Å². The molecule has 0 radical (unpaired) electrons. The molecule has 136 valence electrons. The minimum Gasteiger partial charge on any atom is -0.492 e. The number of carbonyl (C=O) groups excluding carboxylic acids is 1. The lowest BCUT2D eigenvalue weighted by Crippen LogP contribution is -2.27. The van der Waals surface area contributed by atoms with Crippen LogP contribution >= 0.6 is 0 Å². The molecule has 0 saturated heterocycles. The summed E-state index contributed by atoms with van der Waals surface area (Å²) in [4.78, 5) is 11.8. The molecule has 0 saturated carbocycles. The van der Waals surface area contributed by atoms with E-state index in [0.29, 0.717) is 31.1 Å². The zero-order valence-electron chi connectivity index (χ0n) is 15.2. The number of amides is 1. The fourth-order valence-electron chi connectivity index (χ4n) is 2.12. The molecule has 2 rings (SSSR count). The molecule has 2 N–H and O–H groups in total. The predicted octanol–water partition coefficient (Wildman–Crippen LogP) is 4.10. The van der Waals surface area contributed by atoms with Gasteiger partial charge in [0, 0.05) is 18.3 Å². The summed E-state index contributed by atoms with van der Waals surface area (Å²) in [6, 6.07) is 11.1. The fourth-order valence-corrected chi connectivity index (χ4v) is 2.12. The first kappa shape index (κ1) is 18.9. The highest BCUT2D eigenvalue weighted by Crippen LogP contribution is 2.18. The van der Waals surface area contributed by atoms with Crippen LogP contribution in [0.2, 0.25) is 0 Å². The number of carbonyl (C=O) groups is 1. The first-order valence-electron chi connectivity index (χ1n) is 8.31. The van der Waals surface area contributed by atoms with E-state index in [0.717, 1.165) is 11.5 Å². The van der Waals surface area contributed by atoms with E-state index in [-0.39, 0.29) is 0 Å². The molecule has 0 aliphatic carbocycles. The second-order valence-corrected chi connectivity index (χ2v) is 6.69. The largest absolute Gasteiger partial charge is 0.492 e. The second-order valence-electron chi connectivity index (χ2n) is 6.69. The first-order valence-corrected chi connectivity index (χ1v) is 8.31. The number of hydrogen-bond donors (Lipinski definition) is 2. The summed E-state index contributed by atoms with van der Waals surface area (Å²) in [5, 5.41) is 5.94. The van der Waals surface area contributed by atoms with E-state index >= 15 is 0 Å². The molecule has 0 aliphatic heterocycles. The van der Waals surface area contributed by atoms with Gasteiger partial charge in [-0.1, -0.05) is 6.07 Å². The molecular weight excluding hydrogens is 320 g/mol. The summed E-state index contributed by atoms with van der Waals surface area (Å²) in [5.41, 5.74) is 0.0990. The van der Waals surface area contributed by atoms with E-state index in [9.17, 15) is 4.79 Å². The van der Waals surface area contributed by atoms with Crippen LogP contribution in [0.3, 0.4) is 0 Å². The predicted molar refractivity (Wildman–Crippen MR) is 96.9 cm³/mol. The van der Waals surface area contributed by atoms with Gasteiger partial charge in [-0.3, -0.25) is 5.32 Å². The van der Waals surface area contributed by atoms with Crippen LogP contribution in [0.1, 0.15) is 32.3 Å². The molecule has 6 nitrogen and oxygen atoms in total. The first-order chi connectivity index (χ1) is 11.8. The molecule has 1 heterocycles. The van der Waals surface area contributed by atoms with Crippen molar-refractivity contribution in [3.8, 4) is 5.75 Å². The van der Waals surface area contributed by atoms with E-state index in [2.05, 4.69) is 10.6 Å². The number of ether oxygens (including phenoxy) is 2. The van der Waals surface area contributed by atoms with E-state index < -0.39 is 11.7 Å². The Morgan fingerprint density at radius 2 is 2.00 bits per heavy atom. The van der Waals surface area contributed by atoms with Gasteiger partial charge in [0.1, 0.15) is 29.5 Å². The van der Waals surface area contributed by atoms with Gasteiger partial charge in [0.2, 0.25) is 0 Å². The molecule has 0 spiro atoms. The van der Waals surface area contributed by atoms with Gasteiger partial charge in [0.25, 0.3) is 0 Å². The van der Waals surface area contributed by atoms with Gasteiger partial charge in [0.15, 0.2) is 0 Å². The Labute approximate surface area is 148 Å². The summed E-state index contributed by atoms with van der Waals surface area (Å²) in [6.45, 7) is 9.25. The third kappa shape index (κ3) is 7.30. The summed E-state index contributed by atoms with van der Waals surface area (Å²) in [7, 11) is 0. The van der Waals surface area contributed by atoms with Crippen LogP contribution in [0, 0.1) is 6.92 Å². The number of hydrogen-bond acceptors (Lipinski definition) is 5. The zero-order valence-corrected chi connectivity index (χ0v) is 15.2. The maximum Gasteiger partial charge on any atom is 0.412 e. The van der Waals surface area contributed by atoms with Crippen molar-refractivity contribution in [2.45, 2.75) is 39.8 Å². The molecule has 0 unspecified atom stereocenters. The van der Waals surface area contributed by atoms with Crippen molar-refractivity contribution in [2.75, 3.05) is 18.5 Å². The lowest BCUT2D eigenvalue weighted by atomic mass is 10.2. The number of nitrogens with one attached hydrogen (secondary N) is 2. The smallest absolute Gasteiger partial charge is 0.412 e. The van der Waals surface area contributed by atoms with Crippen LogP contribution in [-0.4, -0.2) is 24.8 Å². The molecule has 25 heavy (non-hydrogen) atoms. The topological polar surface area (TPSA) is 72.7 Å². The monoisotopic (exact) mass is 346 g/mol. The van der Waals surface area contributed by atoms with Crippen LogP contribution in [0.4, 0.5) is 10.5 Å². The molecule has 0 fully saturated rings. The molecule has 1 aromatic carbocycles. The summed E-state index contributed by atoms with van der Waals surface area (Å²) in [5.74, 6) is 2.49. The number of rotatable bonds is 7. The average Bonchev–Trinajstić information content (AvgIpc) is 2.91. The number of aryl methyl sites for hydroxylation is 1. The molecular formula is C19H26N2O4. The Bertz CT molecular complexity index is 689. The van der Waals surface area contributed by atoms with Gasteiger partial charge >= 0.3 is 6.09 Å². The lowest BCUT2D eigenvalue weighted by Gasteiger charge is -2.19. The number of anilines is 1. The van der Waals surface area contributed by atoms with Crippen LogP contribution < -0.4 is 15.4 Å². The molecule has 0 aliphatic rings. The standard InChI is InChI=1S/C19H26N2O4/c1-14-8-9-17(24-14)13-20-10-11-23-16-7-5-6-15(12-16)21-18(22)25-19(2,3)4/h5-9,12,20H,10-11,13H2,1-4H3,(H,21,22). The Kier molecular flexibility index (Phi) is 6.47. The Morgan fingerprint density at radius 3 is 2.68 bits per heavy atom. The SMILES string of the molecule is Cc1ccc(CNCCOc2cccc(NC(=O)OC(C)(C)C)c2)o1. The maximum atomic E-state index is 11.8. The van der Waals surface area contributed by atoms with Gasteiger partial charge in [-0.25, -0.2) is 4.79 Å². The maximum absolute atomic E-state index is 11.8. The van der Waals surface area contributed by atoms with Crippen LogP contribution in [0.5, 0.6) is 5.75 Å². The molecule has 2 aromatic rings. The van der Waals surface area contributed by atoms with Crippen molar-refractivity contribution in [2.24, 2.45) is 0 Å². The molecule has 1 aromatic heterocycles. The lowest BCUT2D eigenvalue weighted by molar-refractivity contribution is 0.0636. The van der Waals surface area contributed by atoms with E-state index in [1.807, 2.05) is 52.0 Å². The van der Waals surface area contributed by atoms with Gasteiger partial charge in [-0.05, 0) is 52.0 Å². The minimum atomic E-state index is -0.531. The van der Waals surface area contributed by atoms with Gasteiger partial charge in [-0.2, -0.15) is 0 Å². The third-order valence-electron chi connectivity index (χ3n) is 3.12. The van der Waals surface area contributed by atoms with Crippen molar-refractivity contribution in [3.63, 3.8) is 0 Å². The average molecular weight is 346 g/mol. The highest BCUT2D eigenvalue weighted by Gasteiger charge is 2.16. The summed E-state index contributed by atoms with van der Waals surface area (Å²) in [6.07, 6.45) is -0.486. The second kappa shape index (κ2) is 8.58. The zero-order chi connectivity index (χ0) is 18.3. The normalized spacial score (nSPS) is 11.2. The minimum absolute atomic E-state index is 0.486. The van der Waals surface area contributed by atoms with Crippen molar-refractivity contribution in [3.05, 3.63) is 47.9 Å². The van der Waals surface area contributed by atoms with Crippen LogP contribution in [0.15, 0.2) is 40.8 Å². The quantitative estimate of drug-likeness (QED) is 0.738. The van der Waals surface area contributed by atoms with Crippen molar-refractivity contribution < 1.29 is 18.7 Å². The fraction of sp³-hybridized carbons (Fsp3) is 0.421. The highest BCUT2D eigenvalue weighted by molar-refractivity contribution is 5.85. The summed E-state index contributed by atoms with van der Waals surface area (Å²) >= 11 is 0. The van der Waals surface area contributed by atoms with E-state index in [1.165, 1.54) is 0 Å². The van der Waals surface area contributed by atoms with Gasteiger partial charge in [-0.15, -0.1) is 0 Å². The molecule has 6 heteroatoms. The van der Waals surface area contributed by atoms with Crippen molar-refractivity contribution in [1.82, 2.24) is 5.32 Å². The van der Waals surface area contributed by atoms with E-state index in [1.54, 1.807) is 12.1 Å². The van der Waals surface area contributed by atoms with Crippen molar-refractivity contribution >= 4 is 11.8 Å². The Hall–Kier alpha value is -2.47. The molecule has 0 atom stereocenters. The Balaban J connectivity index is 1.72. The van der Waals surface area contributed by atoms with Gasteiger partial charge in [0.05, 0.1) is 6.54 Å². The summed E-state index contributed by atoms with van der Waals surface area (Å²) < 4.78 is 16.4. The van der Waals surface area contributed by atoms with Crippen LogP contribution in [-0.2, 0) is 11.3 Å². The highest BCUT2D eigenvalue weighted by atomic mass is 16.6.